The van der Waals surface area contributed by atoms with Crippen LogP contribution >= 0.6 is 0 Å². The van der Waals surface area contributed by atoms with Crippen LogP contribution in [0.4, 0.5) is 0 Å². The van der Waals surface area contributed by atoms with Gasteiger partial charge in [-0.15, -0.1) is 0 Å². The molecule has 2 rings (SSSR count). The maximum atomic E-state index is 10.4. The first-order valence-corrected chi connectivity index (χ1v) is 6.00. The lowest BCUT2D eigenvalue weighted by molar-refractivity contribution is -0.137. The van der Waals surface area contributed by atoms with E-state index in [0.29, 0.717) is 11.6 Å². The third-order valence-electron chi connectivity index (χ3n) is 2.54. The molecule has 0 aliphatic carbocycles. The highest BCUT2D eigenvalue weighted by molar-refractivity contribution is 5.66. The van der Waals surface area contributed by atoms with Crippen molar-refractivity contribution in [3.63, 3.8) is 0 Å². The molecule has 0 radical (unpaired) electrons. The van der Waals surface area contributed by atoms with Gasteiger partial charge >= 0.3 is 5.97 Å². The van der Waals surface area contributed by atoms with E-state index < -0.39 is 5.97 Å². The lowest BCUT2D eigenvalue weighted by Crippen LogP contribution is -2.05. The highest BCUT2D eigenvalue weighted by atomic mass is 16.5. The van der Waals surface area contributed by atoms with E-state index in [2.05, 4.69) is 9.97 Å². The van der Waals surface area contributed by atoms with Gasteiger partial charge in [-0.25, -0.2) is 9.97 Å². The molecule has 0 aliphatic heterocycles. The second-order valence-corrected chi connectivity index (χ2v) is 3.97. The van der Waals surface area contributed by atoms with Crippen LogP contribution in [0.1, 0.15) is 6.42 Å². The quantitative estimate of drug-likeness (QED) is 0.867. The number of hydrogen-bond donors (Lipinski definition) is 1. The summed E-state index contributed by atoms with van der Waals surface area (Å²) in [6.07, 6.45) is 2.98. The van der Waals surface area contributed by atoms with Crippen molar-refractivity contribution in [2.75, 3.05) is 13.7 Å². The van der Waals surface area contributed by atoms with Crippen molar-refractivity contribution in [2.24, 2.45) is 0 Å². The van der Waals surface area contributed by atoms with E-state index in [9.17, 15) is 4.79 Å². The Morgan fingerprint density at radius 1 is 1.25 bits per heavy atom. The van der Waals surface area contributed by atoms with E-state index in [1.54, 1.807) is 7.11 Å². The highest BCUT2D eigenvalue weighted by Gasteiger charge is 2.04. The standard InChI is InChI=1S/C14H14N2O4/c1-19-11-4-2-3-10(7-11)14-15-8-12(9-16-14)20-6-5-13(17)18/h2-4,7-9H,5-6H2,1H3,(H,17,18). The summed E-state index contributed by atoms with van der Waals surface area (Å²) in [6, 6.07) is 7.41. The predicted octanol–water partition coefficient (Wildman–Crippen LogP) is 2.01. The molecule has 0 fully saturated rings. The molecule has 0 saturated heterocycles. The molecule has 6 nitrogen and oxygen atoms in total. The molecule has 2 aromatic rings. The maximum Gasteiger partial charge on any atom is 0.306 e. The van der Waals surface area contributed by atoms with Crippen LogP contribution in [-0.2, 0) is 4.79 Å². The predicted molar refractivity (Wildman–Crippen MR) is 71.8 cm³/mol. The third kappa shape index (κ3) is 3.68. The van der Waals surface area contributed by atoms with Gasteiger partial charge in [-0.1, -0.05) is 12.1 Å². The van der Waals surface area contributed by atoms with Crippen LogP contribution in [0.25, 0.3) is 11.4 Å². The molecule has 104 valence electrons. The molecule has 0 atom stereocenters. The van der Waals surface area contributed by atoms with Gasteiger partial charge in [-0.2, -0.15) is 0 Å². The number of carbonyl (C=O) groups is 1. The Labute approximate surface area is 116 Å². The number of benzene rings is 1. The molecule has 0 aliphatic rings. The smallest absolute Gasteiger partial charge is 0.306 e. The van der Waals surface area contributed by atoms with Gasteiger partial charge in [0, 0.05) is 5.56 Å². The van der Waals surface area contributed by atoms with Gasteiger partial charge in [0.2, 0.25) is 0 Å². The summed E-state index contributed by atoms with van der Waals surface area (Å²) in [7, 11) is 1.60. The molecular weight excluding hydrogens is 260 g/mol. The number of hydrogen-bond acceptors (Lipinski definition) is 5. The van der Waals surface area contributed by atoms with Crippen LogP contribution in [0.15, 0.2) is 36.7 Å². The molecule has 20 heavy (non-hydrogen) atoms. The van der Waals surface area contributed by atoms with Gasteiger partial charge in [0.15, 0.2) is 11.6 Å². The lowest BCUT2D eigenvalue weighted by Gasteiger charge is -2.05. The number of carboxylic acids is 1. The van der Waals surface area contributed by atoms with Crippen LogP contribution in [0.2, 0.25) is 0 Å². The SMILES string of the molecule is COc1cccc(-c2ncc(OCCC(=O)O)cn2)c1. The number of carboxylic acid groups (broad SMARTS) is 1. The van der Waals surface area contributed by atoms with Crippen molar-refractivity contribution in [3.05, 3.63) is 36.7 Å². The van der Waals surface area contributed by atoms with Crippen molar-refractivity contribution in [1.82, 2.24) is 9.97 Å². The lowest BCUT2D eigenvalue weighted by atomic mass is 10.2. The Kier molecular flexibility index (Phi) is 4.49. The van der Waals surface area contributed by atoms with E-state index in [4.69, 9.17) is 14.6 Å². The van der Waals surface area contributed by atoms with Gasteiger partial charge in [0.1, 0.15) is 5.75 Å². The number of aromatic nitrogens is 2. The fourth-order valence-corrected chi connectivity index (χ4v) is 1.56. The monoisotopic (exact) mass is 274 g/mol. The molecule has 1 aromatic heterocycles. The first-order chi connectivity index (χ1) is 9.69. The first kappa shape index (κ1) is 13.8. The Morgan fingerprint density at radius 3 is 2.65 bits per heavy atom. The number of aliphatic carboxylic acids is 1. The molecule has 0 bridgehead atoms. The topological polar surface area (TPSA) is 81.5 Å². The second kappa shape index (κ2) is 6.51. The van der Waals surface area contributed by atoms with Crippen molar-refractivity contribution >= 4 is 5.97 Å². The summed E-state index contributed by atoms with van der Waals surface area (Å²) < 4.78 is 10.4. The Balaban J connectivity index is 2.05. The summed E-state index contributed by atoms with van der Waals surface area (Å²) in [6.45, 7) is 0.0944. The van der Waals surface area contributed by atoms with Crippen LogP contribution in [0.3, 0.4) is 0 Å². The van der Waals surface area contributed by atoms with Gasteiger partial charge in [-0.05, 0) is 12.1 Å². The minimum absolute atomic E-state index is 0.0579. The third-order valence-corrected chi connectivity index (χ3v) is 2.54. The average Bonchev–Trinajstić information content (AvgIpc) is 2.48. The number of methoxy groups -OCH3 is 1. The second-order valence-electron chi connectivity index (χ2n) is 3.97. The summed E-state index contributed by atoms with van der Waals surface area (Å²) >= 11 is 0. The molecule has 0 spiro atoms. The Hall–Kier alpha value is -2.63. The van der Waals surface area contributed by atoms with Crippen molar-refractivity contribution in [1.29, 1.82) is 0 Å². The summed E-state index contributed by atoms with van der Waals surface area (Å²) in [4.78, 5) is 18.7. The van der Waals surface area contributed by atoms with Crippen molar-refractivity contribution in [2.45, 2.75) is 6.42 Å². The fourth-order valence-electron chi connectivity index (χ4n) is 1.56. The van der Waals surface area contributed by atoms with E-state index in [1.165, 1.54) is 12.4 Å². The van der Waals surface area contributed by atoms with Crippen LogP contribution in [0, 0.1) is 0 Å². The Bertz CT molecular complexity index is 584. The van der Waals surface area contributed by atoms with E-state index in [0.717, 1.165) is 11.3 Å². The van der Waals surface area contributed by atoms with E-state index in [-0.39, 0.29) is 13.0 Å². The molecule has 0 unspecified atom stereocenters. The van der Waals surface area contributed by atoms with Crippen molar-refractivity contribution in [3.8, 4) is 22.9 Å². The number of ether oxygens (including phenoxy) is 2. The average molecular weight is 274 g/mol. The van der Waals surface area contributed by atoms with Crippen LogP contribution in [0.5, 0.6) is 11.5 Å². The van der Waals surface area contributed by atoms with Gasteiger partial charge in [-0.3, -0.25) is 4.79 Å². The fraction of sp³-hybridized carbons (Fsp3) is 0.214. The summed E-state index contributed by atoms with van der Waals surface area (Å²) in [5.74, 6) is 0.819. The molecule has 1 aromatic carbocycles. The van der Waals surface area contributed by atoms with Crippen LogP contribution < -0.4 is 9.47 Å². The zero-order chi connectivity index (χ0) is 14.4. The molecular formula is C14H14N2O4. The molecule has 0 saturated carbocycles. The highest BCUT2D eigenvalue weighted by Crippen LogP contribution is 2.21. The molecule has 1 N–H and O–H groups in total. The molecule has 0 amide bonds. The molecule has 6 heteroatoms. The van der Waals surface area contributed by atoms with Crippen molar-refractivity contribution < 1.29 is 19.4 Å². The minimum Gasteiger partial charge on any atom is -0.497 e. The largest absolute Gasteiger partial charge is 0.497 e. The Morgan fingerprint density at radius 2 is 2.00 bits per heavy atom. The normalized spacial score (nSPS) is 10.1. The number of rotatable bonds is 6. The molecule has 1 heterocycles. The van der Waals surface area contributed by atoms with Gasteiger partial charge in [0.25, 0.3) is 0 Å². The van der Waals surface area contributed by atoms with Gasteiger partial charge in [0.05, 0.1) is 32.5 Å². The van der Waals surface area contributed by atoms with Crippen LogP contribution in [-0.4, -0.2) is 34.8 Å². The van der Waals surface area contributed by atoms with E-state index in [1.807, 2.05) is 24.3 Å². The zero-order valence-electron chi connectivity index (χ0n) is 10.9. The first-order valence-electron chi connectivity index (χ1n) is 6.00. The summed E-state index contributed by atoms with van der Waals surface area (Å²) in [5, 5.41) is 8.51. The summed E-state index contributed by atoms with van der Waals surface area (Å²) in [5.41, 5.74) is 0.835. The van der Waals surface area contributed by atoms with Gasteiger partial charge < -0.3 is 14.6 Å². The number of nitrogens with zero attached hydrogens (tertiary/aromatic N) is 2. The maximum absolute atomic E-state index is 10.4. The zero-order valence-corrected chi connectivity index (χ0v) is 10.9. The van der Waals surface area contributed by atoms with E-state index >= 15 is 0 Å². The minimum atomic E-state index is -0.904.